The highest BCUT2D eigenvalue weighted by atomic mass is 32.2. The van der Waals surface area contributed by atoms with E-state index in [0.29, 0.717) is 0 Å². The fourth-order valence-corrected chi connectivity index (χ4v) is 6.26. The van der Waals surface area contributed by atoms with E-state index in [-0.39, 0.29) is 111 Å². The Bertz CT molecular complexity index is 2000. The topological polar surface area (TPSA) is 322 Å². The number of aliphatic hydroxyl groups excluding tert-OH is 4. The number of anilines is 8. The van der Waals surface area contributed by atoms with Gasteiger partial charge < -0.3 is 51.5 Å². The van der Waals surface area contributed by atoms with Crippen molar-refractivity contribution in [3.05, 3.63) is 47.5 Å². The zero-order valence-electron chi connectivity index (χ0n) is 29.0. The van der Waals surface area contributed by atoms with E-state index in [2.05, 4.69) is 51.2 Å². The number of aromatic nitrogens is 6. The molecule has 0 atom stereocenters. The molecule has 0 saturated carbocycles. The molecule has 0 fully saturated rings. The molecule has 0 radical (unpaired) electrons. The van der Waals surface area contributed by atoms with Crippen molar-refractivity contribution in [3.8, 4) is 0 Å². The van der Waals surface area contributed by atoms with Crippen molar-refractivity contribution < 1.29 is 46.4 Å². The predicted octanol–water partition coefficient (Wildman–Crippen LogP) is -0.127. The van der Waals surface area contributed by atoms with E-state index in [1.807, 2.05) is 0 Å². The predicted molar refractivity (Wildman–Crippen MR) is 200 cm³/mol. The second kappa shape index (κ2) is 18.6. The van der Waals surface area contributed by atoms with Crippen LogP contribution in [-0.4, -0.2) is 143 Å². The monoisotopic (exact) mass is 792 g/mol. The lowest BCUT2D eigenvalue weighted by Gasteiger charge is -2.21. The first-order chi connectivity index (χ1) is 25.7. The summed E-state index contributed by atoms with van der Waals surface area (Å²) in [5.41, 5.74) is 0.150. The summed E-state index contributed by atoms with van der Waals surface area (Å²) in [5.74, 6) is 0.381. The number of nitrogens with one attached hydrogen (secondary N) is 4. The van der Waals surface area contributed by atoms with Crippen LogP contribution < -0.4 is 31.1 Å². The van der Waals surface area contributed by atoms with Crippen LogP contribution >= 0.6 is 0 Å². The highest BCUT2D eigenvalue weighted by Crippen LogP contribution is 2.28. The molecular formula is C30H40N12O10S2. The van der Waals surface area contributed by atoms with Crippen LogP contribution in [0.3, 0.4) is 0 Å². The molecule has 292 valence electrons. The van der Waals surface area contributed by atoms with Crippen molar-refractivity contribution in [3.63, 3.8) is 0 Å². The fourth-order valence-electron chi connectivity index (χ4n) is 4.84. The molecule has 0 aliphatic carbocycles. The van der Waals surface area contributed by atoms with Crippen molar-refractivity contribution in [2.24, 2.45) is 0 Å². The first-order valence-corrected chi connectivity index (χ1v) is 18.9. The van der Waals surface area contributed by atoms with Crippen LogP contribution in [-0.2, 0) is 20.2 Å². The third-order valence-corrected chi connectivity index (χ3v) is 9.10. The first kappa shape index (κ1) is 41.4. The Hall–Kier alpha value is -5.34. The number of benzene rings is 2. The molecule has 10 N–H and O–H groups in total. The smallest absolute Gasteiger partial charge is 0.295 e. The quantitative estimate of drug-likeness (QED) is 0.0412. The average molecular weight is 793 g/mol. The zero-order chi connectivity index (χ0) is 39.5. The minimum absolute atomic E-state index is 0.0375. The lowest BCUT2D eigenvalue weighted by atomic mass is 10.1. The average Bonchev–Trinajstić information content (AvgIpc) is 3.13. The van der Waals surface area contributed by atoms with Crippen LogP contribution in [0.4, 0.5) is 47.1 Å². The normalized spacial score (nSPS) is 11.8. The molecule has 0 amide bonds. The Kier molecular flexibility index (Phi) is 14.3. The third-order valence-electron chi connectivity index (χ3n) is 7.28. The summed E-state index contributed by atoms with van der Waals surface area (Å²) in [5, 5.41) is 48.9. The van der Waals surface area contributed by atoms with E-state index in [1.165, 1.54) is 46.2 Å². The summed E-state index contributed by atoms with van der Waals surface area (Å²) < 4.78 is 70.1. The fraction of sp³-hybridized carbons (Fsp3) is 0.333. The summed E-state index contributed by atoms with van der Waals surface area (Å²) in [6.45, 7) is -0.577. The van der Waals surface area contributed by atoms with Crippen LogP contribution in [0, 0.1) is 0 Å². The maximum absolute atomic E-state index is 12.5. The minimum Gasteiger partial charge on any atom is -0.395 e. The molecule has 0 saturated heterocycles. The molecule has 4 aromatic rings. The number of aliphatic hydroxyl groups is 4. The molecule has 0 bridgehead atoms. The molecule has 0 spiro atoms. The molecule has 2 aromatic carbocycles. The molecule has 0 unspecified atom stereocenters. The van der Waals surface area contributed by atoms with Gasteiger partial charge >= 0.3 is 0 Å². The highest BCUT2D eigenvalue weighted by Gasteiger charge is 2.20. The molecule has 4 rings (SSSR count). The summed E-state index contributed by atoms with van der Waals surface area (Å²) in [6, 6.07) is 7.72. The summed E-state index contributed by atoms with van der Waals surface area (Å²) >= 11 is 0. The maximum Gasteiger partial charge on any atom is 0.295 e. The van der Waals surface area contributed by atoms with Gasteiger partial charge in [0.1, 0.15) is 9.79 Å². The number of nitrogens with zero attached hydrogens (tertiary/aromatic N) is 8. The molecule has 54 heavy (non-hydrogen) atoms. The van der Waals surface area contributed by atoms with Gasteiger partial charge in [0, 0.05) is 51.6 Å². The second-order valence-corrected chi connectivity index (χ2v) is 13.8. The Labute approximate surface area is 310 Å². The Balaban J connectivity index is 1.67. The minimum atomic E-state index is -4.86. The van der Waals surface area contributed by atoms with Crippen molar-refractivity contribution >= 4 is 79.5 Å². The molecule has 0 aliphatic heterocycles. The number of rotatable bonds is 20. The summed E-state index contributed by atoms with van der Waals surface area (Å²) in [6.07, 6.45) is 2.44. The van der Waals surface area contributed by atoms with Gasteiger partial charge in [0.05, 0.1) is 26.4 Å². The van der Waals surface area contributed by atoms with Gasteiger partial charge in [-0.15, -0.1) is 0 Å². The van der Waals surface area contributed by atoms with E-state index in [4.69, 9.17) is 0 Å². The molecular weight excluding hydrogens is 753 g/mol. The highest BCUT2D eigenvalue weighted by molar-refractivity contribution is 7.86. The molecule has 2 aromatic heterocycles. The first-order valence-electron chi connectivity index (χ1n) is 16.0. The molecule has 0 aliphatic rings. The Morgan fingerprint density at radius 2 is 0.889 bits per heavy atom. The molecule has 24 heteroatoms. The van der Waals surface area contributed by atoms with Gasteiger partial charge in [0.2, 0.25) is 35.7 Å². The summed E-state index contributed by atoms with van der Waals surface area (Å²) in [4.78, 5) is 27.3. The van der Waals surface area contributed by atoms with Gasteiger partial charge in [0.15, 0.2) is 0 Å². The number of hydrogen-bond donors (Lipinski definition) is 10. The van der Waals surface area contributed by atoms with Crippen molar-refractivity contribution in [1.82, 2.24) is 29.9 Å². The van der Waals surface area contributed by atoms with Crippen LogP contribution in [0.25, 0.3) is 12.2 Å². The van der Waals surface area contributed by atoms with Crippen LogP contribution in [0.15, 0.2) is 46.2 Å². The largest absolute Gasteiger partial charge is 0.395 e. The number of hydrogen-bond acceptors (Lipinski definition) is 20. The van der Waals surface area contributed by atoms with Gasteiger partial charge in [-0.3, -0.25) is 9.11 Å². The van der Waals surface area contributed by atoms with Crippen molar-refractivity contribution in [2.75, 3.05) is 97.8 Å². The molecule has 2 heterocycles. The van der Waals surface area contributed by atoms with Crippen LogP contribution in [0.5, 0.6) is 0 Å². The summed E-state index contributed by atoms with van der Waals surface area (Å²) in [7, 11) is -6.60. The van der Waals surface area contributed by atoms with Crippen LogP contribution in [0.1, 0.15) is 11.1 Å². The van der Waals surface area contributed by atoms with E-state index < -0.39 is 30.0 Å². The van der Waals surface area contributed by atoms with Gasteiger partial charge in [-0.1, -0.05) is 24.3 Å². The van der Waals surface area contributed by atoms with Gasteiger partial charge in [-0.25, -0.2) is 0 Å². The van der Waals surface area contributed by atoms with Gasteiger partial charge in [-0.05, 0) is 35.4 Å². The Morgan fingerprint density at radius 1 is 0.556 bits per heavy atom. The van der Waals surface area contributed by atoms with E-state index in [1.54, 1.807) is 14.1 Å². The van der Waals surface area contributed by atoms with Crippen molar-refractivity contribution in [1.29, 1.82) is 0 Å². The zero-order valence-corrected chi connectivity index (χ0v) is 30.6. The third kappa shape index (κ3) is 11.1. The Morgan fingerprint density at radius 3 is 1.19 bits per heavy atom. The van der Waals surface area contributed by atoms with Crippen molar-refractivity contribution in [2.45, 2.75) is 9.79 Å². The lowest BCUT2D eigenvalue weighted by molar-refractivity contribution is 0.279. The standard InChI is InChI=1S/C30H40N12O10S2/c1-31-25-35-27(39-29(37-25)41(9-13-43)10-14-44)33-21-7-5-19(23(17-21)53(47,48)49)3-4-20-6-8-22(18-24(20)54(50,51)52)34-28-36-26(32-2)38-30(40-28)42(11-15-45)12-16-46/h3-8,17-18,43-46H,9-16H2,1-2H3,(H,47,48,49)(H,50,51,52)(H2,31,33,35,37,39)(H2,32,34,36,38,40)/b4-3+. The lowest BCUT2D eigenvalue weighted by Crippen LogP contribution is -2.31. The SMILES string of the molecule is CNc1nc(Nc2ccc(/C=C/c3ccc(Nc4nc(NC)nc(N(CCO)CCO)n4)cc3S(=O)(=O)O)c(S(=O)(=O)O)c2)nc(N(CCO)CCO)n1. The van der Waals surface area contributed by atoms with E-state index in [0.717, 1.165) is 12.1 Å². The second-order valence-electron chi connectivity index (χ2n) is 11.0. The van der Waals surface area contributed by atoms with Gasteiger partial charge in [-0.2, -0.15) is 46.7 Å². The maximum atomic E-state index is 12.5. The molecule has 22 nitrogen and oxygen atoms in total. The van der Waals surface area contributed by atoms with E-state index in [9.17, 15) is 46.4 Å². The van der Waals surface area contributed by atoms with E-state index >= 15 is 0 Å². The van der Waals surface area contributed by atoms with Crippen LogP contribution in [0.2, 0.25) is 0 Å². The van der Waals surface area contributed by atoms with Gasteiger partial charge in [0.25, 0.3) is 20.2 Å².